The minimum atomic E-state index is -0.240. The third-order valence-electron chi connectivity index (χ3n) is 3.27. The summed E-state index contributed by atoms with van der Waals surface area (Å²) in [5, 5.41) is 6.84. The highest BCUT2D eigenvalue weighted by atomic mass is 16.5. The van der Waals surface area contributed by atoms with E-state index in [9.17, 15) is 4.79 Å². The maximum atomic E-state index is 11.7. The number of rotatable bonds is 5. The van der Waals surface area contributed by atoms with Gasteiger partial charge in [-0.05, 0) is 56.6 Å². The van der Waals surface area contributed by atoms with Crippen molar-refractivity contribution in [3.8, 4) is 0 Å². The van der Waals surface area contributed by atoms with Crippen LogP contribution in [0.25, 0.3) is 0 Å². The summed E-state index contributed by atoms with van der Waals surface area (Å²) < 4.78 is 5.10. The Labute approximate surface area is 114 Å². The first-order valence-electron chi connectivity index (χ1n) is 7.04. The average Bonchev–Trinajstić information content (AvgIpc) is 2.46. The SMILES string of the molecule is CCCOC(=O)c1ccc(NC2CCNCC2)cc1. The van der Waals surface area contributed by atoms with Crippen LogP contribution in [0.1, 0.15) is 36.5 Å². The van der Waals surface area contributed by atoms with E-state index >= 15 is 0 Å². The summed E-state index contributed by atoms with van der Waals surface area (Å²) in [6.07, 6.45) is 3.13. The quantitative estimate of drug-likeness (QED) is 0.800. The first kappa shape index (κ1) is 13.9. The van der Waals surface area contributed by atoms with Crippen molar-refractivity contribution in [2.24, 2.45) is 0 Å². The molecule has 1 fully saturated rings. The van der Waals surface area contributed by atoms with Crippen LogP contribution in [-0.2, 0) is 4.74 Å². The van der Waals surface area contributed by atoms with Gasteiger partial charge in [0, 0.05) is 11.7 Å². The molecule has 1 aliphatic rings. The van der Waals surface area contributed by atoms with Gasteiger partial charge in [0.1, 0.15) is 0 Å². The number of hydrogen-bond acceptors (Lipinski definition) is 4. The lowest BCUT2D eigenvalue weighted by Crippen LogP contribution is -2.35. The fraction of sp³-hybridized carbons (Fsp3) is 0.533. The molecule has 19 heavy (non-hydrogen) atoms. The van der Waals surface area contributed by atoms with Gasteiger partial charge in [0.25, 0.3) is 0 Å². The number of benzene rings is 1. The molecule has 0 unspecified atom stereocenters. The Morgan fingerprint density at radius 3 is 2.63 bits per heavy atom. The van der Waals surface area contributed by atoms with Crippen LogP contribution in [0.2, 0.25) is 0 Å². The molecule has 2 N–H and O–H groups in total. The molecular weight excluding hydrogens is 240 g/mol. The van der Waals surface area contributed by atoms with Crippen LogP contribution in [0.4, 0.5) is 5.69 Å². The molecule has 1 saturated heterocycles. The third kappa shape index (κ3) is 4.24. The van der Waals surface area contributed by atoms with Gasteiger partial charge in [0.2, 0.25) is 0 Å². The lowest BCUT2D eigenvalue weighted by molar-refractivity contribution is 0.0505. The van der Waals surface area contributed by atoms with Crippen LogP contribution >= 0.6 is 0 Å². The van der Waals surface area contributed by atoms with Crippen molar-refractivity contribution < 1.29 is 9.53 Å². The van der Waals surface area contributed by atoms with Crippen LogP contribution in [0, 0.1) is 0 Å². The summed E-state index contributed by atoms with van der Waals surface area (Å²) >= 11 is 0. The van der Waals surface area contributed by atoms with Gasteiger partial charge in [-0.1, -0.05) is 6.92 Å². The van der Waals surface area contributed by atoms with E-state index in [1.165, 1.54) is 0 Å². The Bertz CT molecular complexity index is 397. The van der Waals surface area contributed by atoms with E-state index in [2.05, 4.69) is 10.6 Å². The number of nitrogens with one attached hydrogen (secondary N) is 2. The molecule has 0 spiro atoms. The van der Waals surface area contributed by atoms with E-state index in [-0.39, 0.29) is 5.97 Å². The van der Waals surface area contributed by atoms with Crippen LogP contribution < -0.4 is 10.6 Å². The molecular formula is C15H22N2O2. The molecule has 4 heteroatoms. The fourth-order valence-electron chi connectivity index (χ4n) is 2.18. The minimum absolute atomic E-state index is 0.240. The molecule has 0 atom stereocenters. The van der Waals surface area contributed by atoms with Crippen molar-refractivity contribution in [1.82, 2.24) is 5.32 Å². The summed E-state index contributed by atoms with van der Waals surface area (Å²) in [6, 6.07) is 8.07. The van der Waals surface area contributed by atoms with E-state index in [4.69, 9.17) is 4.74 Å². The van der Waals surface area contributed by atoms with Gasteiger partial charge in [0.05, 0.1) is 12.2 Å². The van der Waals surface area contributed by atoms with Crippen molar-refractivity contribution >= 4 is 11.7 Å². The molecule has 1 heterocycles. The Morgan fingerprint density at radius 1 is 1.32 bits per heavy atom. The summed E-state index contributed by atoms with van der Waals surface area (Å²) in [4.78, 5) is 11.7. The molecule has 0 aliphatic carbocycles. The number of anilines is 1. The second kappa shape index (κ2) is 7.14. The number of carbonyl (C=O) groups is 1. The average molecular weight is 262 g/mol. The zero-order valence-electron chi connectivity index (χ0n) is 11.4. The van der Waals surface area contributed by atoms with Crippen molar-refractivity contribution in [1.29, 1.82) is 0 Å². The van der Waals surface area contributed by atoms with E-state index in [1.54, 1.807) is 0 Å². The summed E-state index contributed by atoms with van der Waals surface area (Å²) in [5.41, 5.74) is 1.68. The molecule has 4 nitrogen and oxygen atoms in total. The van der Waals surface area contributed by atoms with E-state index in [0.717, 1.165) is 38.0 Å². The summed E-state index contributed by atoms with van der Waals surface area (Å²) in [5.74, 6) is -0.240. The molecule has 1 aliphatic heterocycles. The van der Waals surface area contributed by atoms with Crippen molar-refractivity contribution in [2.45, 2.75) is 32.2 Å². The first-order chi connectivity index (χ1) is 9.29. The smallest absolute Gasteiger partial charge is 0.338 e. The van der Waals surface area contributed by atoms with Gasteiger partial charge in [-0.25, -0.2) is 4.79 Å². The number of esters is 1. The lowest BCUT2D eigenvalue weighted by atomic mass is 10.1. The molecule has 1 aromatic carbocycles. The largest absolute Gasteiger partial charge is 0.462 e. The maximum absolute atomic E-state index is 11.7. The topological polar surface area (TPSA) is 50.4 Å². The van der Waals surface area contributed by atoms with Crippen LogP contribution in [0.3, 0.4) is 0 Å². The molecule has 2 rings (SSSR count). The predicted molar refractivity (Wildman–Crippen MR) is 76.5 cm³/mol. The fourth-order valence-corrected chi connectivity index (χ4v) is 2.18. The van der Waals surface area contributed by atoms with E-state index < -0.39 is 0 Å². The van der Waals surface area contributed by atoms with Crippen LogP contribution in [-0.4, -0.2) is 31.7 Å². The first-order valence-corrected chi connectivity index (χ1v) is 7.04. The van der Waals surface area contributed by atoms with Crippen molar-refractivity contribution in [3.63, 3.8) is 0 Å². The van der Waals surface area contributed by atoms with E-state index in [0.29, 0.717) is 18.2 Å². The number of ether oxygens (including phenoxy) is 1. The second-order valence-corrected chi connectivity index (χ2v) is 4.88. The number of piperidine rings is 1. The maximum Gasteiger partial charge on any atom is 0.338 e. The Balaban J connectivity index is 1.88. The molecule has 0 bridgehead atoms. The number of carbonyl (C=O) groups excluding carboxylic acids is 1. The molecule has 0 saturated carbocycles. The van der Waals surface area contributed by atoms with Gasteiger partial charge >= 0.3 is 5.97 Å². The highest BCUT2D eigenvalue weighted by molar-refractivity contribution is 5.89. The highest BCUT2D eigenvalue weighted by Gasteiger charge is 2.12. The standard InChI is InChI=1S/C15H22N2O2/c1-2-11-19-15(18)12-3-5-13(6-4-12)17-14-7-9-16-10-8-14/h3-6,14,16-17H,2,7-11H2,1H3. The minimum Gasteiger partial charge on any atom is -0.462 e. The number of hydrogen-bond donors (Lipinski definition) is 2. The van der Waals surface area contributed by atoms with E-state index in [1.807, 2.05) is 31.2 Å². The monoisotopic (exact) mass is 262 g/mol. The molecule has 0 aromatic heterocycles. The Hall–Kier alpha value is -1.55. The predicted octanol–water partition coefficient (Wildman–Crippen LogP) is 2.42. The Kier molecular flexibility index (Phi) is 5.21. The molecule has 0 radical (unpaired) electrons. The normalized spacial score (nSPS) is 16.1. The Morgan fingerprint density at radius 2 is 2.00 bits per heavy atom. The molecule has 104 valence electrons. The highest BCUT2D eigenvalue weighted by Crippen LogP contribution is 2.15. The van der Waals surface area contributed by atoms with Crippen molar-refractivity contribution in [2.75, 3.05) is 25.0 Å². The van der Waals surface area contributed by atoms with Crippen LogP contribution in [0.15, 0.2) is 24.3 Å². The zero-order valence-corrected chi connectivity index (χ0v) is 11.4. The van der Waals surface area contributed by atoms with Gasteiger partial charge < -0.3 is 15.4 Å². The van der Waals surface area contributed by atoms with Gasteiger partial charge in [-0.3, -0.25) is 0 Å². The summed E-state index contributed by atoms with van der Waals surface area (Å²) in [7, 11) is 0. The summed E-state index contributed by atoms with van der Waals surface area (Å²) in [6.45, 7) is 4.60. The van der Waals surface area contributed by atoms with Crippen molar-refractivity contribution in [3.05, 3.63) is 29.8 Å². The van der Waals surface area contributed by atoms with Crippen LogP contribution in [0.5, 0.6) is 0 Å². The van der Waals surface area contributed by atoms with Gasteiger partial charge in [0.15, 0.2) is 0 Å². The van der Waals surface area contributed by atoms with Gasteiger partial charge in [-0.2, -0.15) is 0 Å². The van der Waals surface area contributed by atoms with Gasteiger partial charge in [-0.15, -0.1) is 0 Å². The third-order valence-corrected chi connectivity index (χ3v) is 3.27. The zero-order chi connectivity index (χ0) is 13.5. The molecule has 0 amide bonds. The second-order valence-electron chi connectivity index (χ2n) is 4.88. The lowest BCUT2D eigenvalue weighted by Gasteiger charge is -2.24. The molecule has 1 aromatic rings.